The Balaban J connectivity index is 1.53. The molecule has 168 valence electrons. The first-order valence-electron chi connectivity index (χ1n) is 11.4. The molecular weight excluding hydrogens is 404 g/mol. The van der Waals surface area contributed by atoms with E-state index in [9.17, 15) is 4.79 Å². The molecule has 1 saturated carbocycles. The highest BCUT2D eigenvalue weighted by molar-refractivity contribution is 5.68. The van der Waals surface area contributed by atoms with Gasteiger partial charge in [-0.05, 0) is 55.2 Å². The van der Waals surface area contributed by atoms with Gasteiger partial charge in [-0.15, -0.1) is 0 Å². The molecule has 1 amide bonds. The van der Waals surface area contributed by atoms with Gasteiger partial charge in [0.25, 0.3) is 0 Å². The maximum Gasteiger partial charge on any atom is 0.410 e. The molecule has 2 aromatic carbocycles. The van der Waals surface area contributed by atoms with Crippen molar-refractivity contribution < 1.29 is 14.3 Å². The second kappa shape index (κ2) is 10.5. The number of carbonyl (C=O) groups is 1. The summed E-state index contributed by atoms with van der Waals surface area (Å²) in [6.07, 6.45) is 3.08. The van der Waals surface area contributed by atoms with E-state index in [0.29, 0.717) is 12.5 Å². The largest absolute Gasteiger partial charge is 0.445 e. The number of rotatable bonds is 8. The maximum absolute atomic E-state index is 13.4. The highest BCUT2D eigenvalue weighted by atomic mass is 16.6. The molecule has 2 aromatic rings. The molecule has 32 heavy (non-hydrogen) atoms. The van der Waals surface area contributed by atoms with E-state index in [0.717, 1.165) is 36.8 Å². The predicted molar refractivity (Wildman–Crippen MR) is 122 cm³/mol. The average molecular weight is 435 g/mol. The highest BCUT2D eigenvalue weighted by Gasteiger charge is 2.45. The van der Waals surface area contributed by atoms with Crippen LogP contribution in [0, 0.1) is 5.92 Å². The normalized spacial score (nSPS) is 23.6. The number of nitrogens with zero attached hydrogens (tertiary/aromatic N) is 4. The fraction of sp³-hybridized carbons (Fsp3) is 0.480. The first-order chi connectivity index (χ1) is 15.7. The number of hydrogen-bond donors (Lipinski definition) is 0. The van der Waals surface area contributed by atoms with Gasteiger partial charge in [0.05, 0.1) is 24.3 Å². The lowest BCUT2D eigenvalue weighted by Gasteiger charge is -2.41. The topological polar surface area (TPSA) is 87.5 Å². The Hall–Kier alpha value is -3.02. The molecule has 1 heterocycles. The minimum Gasteiger partial charge on any atom is -0.445 e. The number of azide groups is 1. The van der Waals surface area contributed by atoms with Gasteiger partial charge in [-0.2, -0.15) is 0 Å². The van der Waals surface area contributed by atoms with E-state index in [-0.39, 0.29) is 37.0 Å². The fourth-order valence-electron chi connectivity index (χ4n) is 4.54. The van der Waals surface area contributed by atoms with Crippen LogP contribution in [-0.2, 0) is 22.6 Å². The van der Waals surface area contributed by atoms with Crippen LogP contribution in [0.2, 0.25) is 0 Å². The van der Waals surface area contributed by atoms with Crippen molar-refractivity contribution in [3.05, 3.63) is 82.2 Å². The highest BCUT2D eigenvalue weighted by Crippen LogP contribution is 2.41. The summed E-state index contributed by atoms with van der Waals surface area (Å²) in [5.41, 5.74) is 10.8. The minimum absolute atomic E-state index is 0.0621. The van der Waals surface area contributed by atoms with Crippen LogP contribution in [0.4, 0.5) is 4.79 Å². The molecule has 0 bridgehead atoms. The fourth-order valence-corrected chi connectivity index (χ4v) is 4.54. The van der Waals surface area contributed by atoms with Crippen LogP contribution in [0.3, 0.4) is 0 Å². The summed E-state index contributed by atoms with van der Waals surface area (Å²) >= 11 is 0. The second-order valence-electron chi connectivity index (χ2n) is 8.71. The summed E-state index contributed by atoms with van der Waals surface area (Å²) in [6, 6.07) is 19.5. The van der Waals surface area contributed by atoms with Crippen molar-refractivity contribution in [3.63, 3.8) is 0 Å². The van der Waals surface area contributed by atoms with Crippen LogP contribution in [0.15, 0.2) is 65.8 Å². The van der Waals surface area contributed by atoms with Crippen molar-refractivity contribution >= 4 is 6.09 Å². The third-order valence-corrected chi connectivity index (χ3v) is 6.36. The Morgan fingerprint density at radius 1 is 1.09 bits per heavy atom. The molecule has 1 aliphatic carbocycles. The number of ether oxygens (including phenoxy) is 2. The third kappa shape index (κ3) is 5.61. The average Bonchev–Trinajstić information content (AvgIpc) is 3.65. The molecule has 0 N–H and O–H groups in total. The van der Waals surface area contributed by atoms with Crippen LogP contribution in [0.5, 0.6) is 0 Å². The molecule has 0 radical (unpaired) electrons. The van der Waals surface area contributed by atoms with Crippen LogP contribution in [-0.4, -0.2) is 35.3 Å². The zero-order chi connectivity index (χ0) is 22.3. The molecular formula is C25H30N4O3. The molecule has 2 fully saturated rings. The van der Waals surface area contributed by atoms with Gasteiger partial charge < -0.3 is 9.47 Å². The van der Waals surface area contributed by atoms with Gasteiger partial charge in [-0.1, -0.05) is 65.8 Å². The molecule has 0 spiro atoms. The Bertz CT molecular complexity index is 929. The molecule has 1 aliphatic heterocycles. The van der Waals surface area contributed by atoms with E-state index < -0.39 is 0 Å². The molecule has 7 heteroatoms. The van der Waals surface area contributed by atoms with E-state index in [1.165, 1.54) is 0 Å². The summed E-state index contributed by atoms with van der Waals surface area (Å²) in [7, 11) is 0. The number of hydrogen-bond acceptors (Lipinski definition) is 4. The quantitative estimate of drug-likeness (QED) is 0.296. The predicted octanol–water partition coefficient (Wildman–Crippen LogP) is 5.85. The van der Waals surface area contributed by atoms with Gasteiger partial charge in [-0.25, -0.2) is 4.79 Å². The standard InChI is InChI=1S/C25H30N4O3/c1-18-22(27-28-26)14-15-23(32-18)24(21-12-13-21)29(16-19-8-4-2-5-9-19)25(30)31-17-20-10-6-3-7-11-20/h2-11,18,21-24H,12-17H2,1H3/t18?,22?,23-,24+/m0/s1. The SMILES string of the molecule is CC1O[C@H]([C@@H](C2CC2)N(Cc2ccccc2)C(=O)OCc2ccccc2)CCC1N=[N+]=[N-]. The lowest BCUT2D eigenvalue weighted by atomic mass is 9.92. The van der Waals surface area contributed by atoms with E-state index in [1.54, 1.807) is 0 Å². The molecule has 0 aromatic heterocycles. The van der Waals surface area contributed by atoms with Crippen molar-refractivity contribution in [1.29, 1.82) is 0 Å². The van der Waals surface area contributed by atoms with Crippen LogP contribution in [0.1, 0.15) is 43.7 Å². The van der Waals surface area contributed by atoms with Gasteiger partial charge in [0.2, 0.25) is 0 Å². The Morgan fingerprint density at radius 2 is 1.75 bits per heavy atom. The van der Waals surface area contributed by atoms with Crippen LogP contribution >= 0.6 is 0 Å². The molecule has 4 atom stereocenters. The monoisotopic (exact) mass is 434 g/mol. The minimum atomic E-state index is -0.317. The summed E-state index contributed by atoms with van der Waals surface area (Å²) in [4.78, 5) is 18.2. The zero-order valence-electron chi connectivity index (χ0n) is 18.4. The van der Waals surface area contributed by atoms with E-state index in [4.69, 9.17) is 15.0 Å². The lowest BCUT2D eigenvalue weighted by molar-refractivity contribution is -0.0938. The van der Waals surface area contributed by atoms with Gasteiger partial charge in [-0.3, -0.25) is 4.90 Å². The Labute approximate surface area is 189 Å². The summed E-state index contributed by atoms with van der Waals surface area (Å²) in [6.45, 7) is 2.66. The second-order valence-corrected chi connectivity index (χ2v) is 8.71. The van der Waals surface area contributed by atoms with E-state index >= 15 is 0 Å². The number of carbonyl (C=O) groups excluding carboxylic acids is 1. The van der Waals surface area contributed by atoms with Crippen LogP contribution < -0.4 is 0 Å². The molecule has 4 rings (SSSR count). The van der Waals surface area contributed by atoms with E-state index in [1.807, 2.05) is 72.5 Å². The smallest absolute Gasteiger partial charge is 0.410 e. The Morgan fingerprint density at radius 3 is 2.34 bits per heavy atom. The molecule has 1 saturated heterocycles. The molecule has 2 aliphatic rings. The van der Waals surface area contributed by atoms with Crippen LogP contribution in [0.25, 0.3) is 10.4 Å². The lowest BCUT2D eigenvalue weighted by Crippen LogP contribution is -2.52. The maximum atomic E-state index is 13.4. The first-order valence-corrected chi connectivity index (χ1v) is 11.4. The van der Waals surface area contributed by atoms with Crippen molar-refractivity contribution in [1.82, 2.24) is 4.90 Å². The van der Waals surface area contributed by atoms with Gasteiger partial charge in [0.15, 0.2) is 0 Å². The summed E-state index contributed by atoms with van der Waals surface area (Å²) < 4.78 is 12.1. The Kier molecular flexibility index (Phi) is 7.30. The molecule has 7 nitrogen and oxygen atoms in total. The zero-order valence-corrected chi connectivity index (χ0v) is 18.4. The van der Waals surface area contributed by atoms with Crippen molar-refractivity contribution in [2.24, 2.45) is 11.0 Å². The summed E-state index contributed by atoms with van der Waals surface area (Å²) in [5.74, 6) is 0.399. The number of amides is 1. The summed E-state index contributed by atoms with van der Waals surface area (Å²) in [5, 5.41) is 3.88. The van der Waals surface area contributed by atoms with Gasteiger partial charge in [0, 0.05) is 11.5 Å². The van der Waals surface area contributed by atoms with Gasteiger partial charge >= 0.3 is 6.09 Å². The molecule has 2 unspecified atom stereocenters. The van der Waals surface area contributed by atoms with Crippen molar-refractivity contribution in [2.75, 3.05) is 0 Å². The number of benzene rings is 2. The third-order valence-electron chi connectivity index (χ3n) is 6.36. The first kappa shape index (κ1) is 22.2. The van der Waals surface area contributed by atoms with Gasteiger partial charge in [0.1, 0.15) is 6.61 Å². The van der Waals surface area contributed by atoms with Crippen molar-refractivity contribution in [2.45, 2.75) is 70.1 Å². The van der Waals surface area contributed by atoms with Crippen molar-refractivity contribution in [3.8, 4) is 0 Å². The van der Waals surface area contributed by atoms with E-state index in [2.05, 4.69) is 10.0 Å².